The van der Waals surface area contributed by atoms with Crippen LogP contribution in [-0.2, 0) is 27.7 Å². The third-order valence-electron chi connectivity index (χ3n) is 4.90. The summed E-state index contributed by atoms with van der Waals surface area (Å²) in [6.07, 6.45) is 4.38. The van der Waals surface area contributed by atoms with Gasteiger partial charge in [-0.15, -0.1) is 0 Å². The molecule has 120 valence electrons. The molecule has 1 heterocycles. The summed E-state index contributed by atoms with van der Waals surface area (Å²) in [5.41, 5.74) is 7.76. The fourth-order valence-corrected chi connectivity index (χ4v) is 5.24. The summed E-state index contributed by atoms with van der Waals surface area (Å²) in [4.78, 5) is 11.8. The van der Waals surface area contributed by atoms with E-state index in [4.69, 9.17) is 5.73 Å². The van der Waals surface area contributed by atoms with Crippen molar-refractivity contribution in [1.29, 1.82) is 0 Å². The summed E-state index contributed by atoms with van der Waals surface area (Å²) in [5, 5.41) is 0. The average Bonchev–Trinajstić information content (AvgIpc) is 2.94. The summed E-state index contributed by atoms with van der Waals surface area (Å²) < 4.78 is 27.3. The summed E-state index contributed by atoms with van der Waals surface area (Å²) in [5.74, 6) is -0.804. The van der Waals surface area contributed by atoms with Crippen LogP contribution in [0.15, 0.2) is 23.1 Å². The molecule has 2 N–H and O–H groups in total. The number of fused-ring (bicyclic) bond motifs is 1. The Kier molecular flexibility index (Phi) is 3.99. The van der Waals surface area contributed by atoms with Gasteiger partial charge in [0.1, 0.15) is 0 Å². The van der Waals surface area contributed by atoms with Gasteiger partial charge >= 0.3 is 0 Å². The molecule has 0 bridgehead atoms. The van der Waals surface area contributed by atoms with Gasteiger partial charge in [-0.3, -0.25) is 4.79 Å². The Labute approximate surface area is 131 Å². The minimum Gasteiger partial charge on any atom is -0.369 e. The van der Waals surface area contributed by atoms with Gasteiger partial charge in [0, 0.05) is 12.6 Å². The normalized spacial score (nSPS) is 25.9. The molecule has 2 aliphatic rings. The van der Waals surface area contributed by atoms with Gasteiger partial charge in [0.2, 0.25) is 15.9 Å². The molecule has 1 aromatic rings. The standard InChI is InChI=1S/C16H22N2O3S/c1-11-5-6-14(16(17)19)10-18(11)22(20,21)15-8-7-12-3-2-4-13(12)9-15/h7-9,11,14H,2-6,10H2,1H3,(H2,17,19)/t11-,14+/m0/s1. The van der Waals surface area contributed by atoms with E-state index < -0.39 is 15.9 Å². The molecule has 2 atom stereocenters. The lowest BCUT2D eigenvalue weighted by molar-refractivity contribution is -0.123. The van der Waals surface area contributed by atoms with E-state index in [1.165, 1.54) is 9.87 Å². The van der Waals surface area contributed by atoms with Gasteiger partial charge in [0.15, 0.2) is 0 Å². The highest BCUT2D eigenvalue weighted by Gasteiger charge is 2.37. The van der Waals surface area contributed by atoms with Gasteiger partial charge in [0.05, 0.1) is 10.8 Å². The van der Waals surface area contributed by atoms with Crippen molar-refractivity contribution in [3.05, 3.63) is 29.3 Å². The number of hydrogen-bond acceptors (Lipinski definition) is 3. The van der Waals surface area contributed by atoms with Gasteiger partial charge in [-0.05, 0) is 62.3 Å². The monoisotopic (exact) mass is 322 g/mol. The third-order valence-corrected chi connectivity index (χ3v) is 6.88. The molecule has 6 heteroatoms. The highest BCUT2D eigenvalue weighted by Crippen LogP contribution is 2.30. The first-order chi connectivity index (χ1) is 10.4. The molecule has 1 aromatic carbocycles. The Hall–Kier alpha value is -1.40. The van der Waals surface area contributed by atoms with Crippen molar-refractivity contribution in [3.8, 4) is 0 Å². The number of amides is 1. The summed E-state index contributed by atoms with van der Waals surface area (Å²) in [6.45, 7) is 2.08. The van der Waals surface area contributed by atoms with Gasteiger partial charge in [0.25, 0.3) is 0 Å². The molecule has 0 radical (unpaired) electrons. The second-order valence-electron chi connectivity index (χ2n) is 6.38. The van der Waals surface area contributed by atoms with Gasteiger partial charge in [-0.2, -0.15) is 4.31 Å². The molecule has 3 rings (SSSR count). The Morgan fingerprint density at radius 1 is 1.23 bits per heavy atom. The van der Waals surface area contributed by atoms with Crippen LogP contribution < -0.4 is 5.73 Å². The number of aryl methyl sites for hydroxylation is 2. The van der Waals surface area contributed by atoms with E-state index in [9.17, 15) is 13.2 Å². The maximum atomic E-state index is 12.9. The Morgan fingerprint density at radius 2 is 1.95 bits per heavy atom. The van der Waals surface area contributed by atoms with Crippen LogP contribution in [-0.4, -0.2) is 31.2 Å². The number of benzene rings is 1. The van der Waals surface area contributed by atoms with Crippen molar-refractivity contribution in [3.63, 3.8) is 0 Å². The van der Waals surface area contributed by atoms with Crippen LogP contribution in [0.25, 0.3) is 0 Å². The van der Waals surface area contributed by atoms with Crippen molar-refractivity contribution in [1.82, 2.24) is 4.31 Å². The highest BCUT2D eigenvalue weighted by atomic mass is 32.2. The van der Waals surface area contributed by atoms with E-state index in [0.717, 1.165) is 24.8 Å². The predicted molar refractivity (Wildman–Crippen MR) is 83.7 cm³/mol. The molecule has 1 aliphatic carbocycles. The molecule has 1 fully saturated rings. The van der Waals surface area contributed by atoms with Crippen LogP contribution in [0, 0.1) is 5.92 Å². The molecule has 0 aromatic heterocycles. The number of primary amides is 1. The van der Waals surface area contributed by atoms with Gasteiger partial charge in [-0.1, -0.05) is 6.07 Å². The van der Waals surface area contributed by atoms with Gasteiger partial charge < -0.3 is 5.73 Å². The zero-order chi connectivity index (χ0) is 15.9. The number of carbonyl (C=O) groups is 1. The molecule has 0 spiro atoms. The smallest absolute Gasteiger partial charge is 0.243 e. The van der Waals surface area contributed by atoms with Crippen molar-refractivity contribution in [2.75, 3.05) is 6.54 Å². The van der Waals surface area contributed by atoms with Crippen LogP contribution in [0.2, 0.25) is 0 Å². The number of rotatable bonds is 3. The molecular formula is C16H22N2O3S. The lowest BCUT2D eigenvalue weighted by Crippen LogP contribution is -2.48. The van der Waals surface area contributed by atoms with E-state index in [1.54, 1.807) is 12.1 Å². The topological polar surface area (TPSA) is 80.5 Å². The lowest BCUT2D eigenvalue weighted by atomic mass is 9.95. The fourth-order valence-electron chi connectivity index (χ4n) is 3.49. The van der Waals surface area contributed by atoms with Gasteiger partial charge in [-0.25, -0.2) is 8.42 Å². The minimum absolute atomic E-state index is 0.103. The first kappa shape index (κ1) is 15.5. The van der Waals surface area contributed by atoms with Crippen LogP contribution in [0.4, 0.5) is 0 Å². The maximum absolute atomic E-state index is 12.9. The minimum atomic E-state index is -3.57. The average molecular weight is 322 g/mol. The number of carbonyl (C=O) groups excluding carboxylic acids is 1. The van der Waals surface area contributed by atoms with E-state index in [1.807, 2.05) is 13.0 Å². The quantitative estimate of drug-likeness (QED) is 0.914. The van der Waals surface area contributed by atoms with Crippen molar-refractivity contribution in [2.45, 2.75) is 50.0 Å². The number of piperidine rings is 1. The number of sulfonamides is 1. The Balaban J connectivity index is 1.92. The second kappa shape index (κ2) is 5.66. The van der Waals surface area contributed by atoms with E-state index in [-0.39, 0.29) is 18.5 Å². The summed E-state index contributed by atoms with van der Waals surface area (Å²) in [6, 6.07) is 5.32. The highest BCUT2D eigenvalue weighted by molar-refractivity contribution is 7.89. The molecule has 0 unspecified atom stereocenters. The van der Waals surface area contributed by atoms with E-state index in [0.29, 0.717) is 17.7 Å². The third kappa shape index (κ3) is 2.65. The van der Waals surface area contributed by atoms with Crippen LogP contribution in [0.1, 0.15) is 37.3 Å². The van der Waals surface area contributed by atoms with Crippen molar-refractivity contribution in [2.24, 2.45) is 11.7 Å². The molecule has 22 heavy (non-hydrogen) atoms. The first-order valence-electron chi connectivity index (χ1n) is 7.82. The molecule has 1 saturated heterocycles. The van der Waals surface area contributed by atoms with Crippen LogP contribution in [0.3, 0.4) is 0 Å². The van der Waals surface area contributed by atoms with Crippen LogP contribution in [0.5, 0.6) is 0 Å². The molecule has 5 nitrogen and oxygen atoms in total. The zero-order valence-corrected chi connectivity index (χ0v) is 13.6. The second-order valence-corrected chi connectivity index (χ2v) is 8.28. The predicted octanol–water partition coefficient (Wildman–Crippen LogP) is 1.45. The number of nitrogens with zero attached hydrogens (tertiary/aromatic N) is 1. The molecule has 1 amide bonds. The van der Waals surface area contributed by atoms with Crippen molar-refractivity contribution >= 4 is 15.9 Å². The maximum Gasteiger partial charge on any atom is 0.243 e. The summed E-state index contributed by atoms with van der Waals surface area (Å²) in [7, 11) is -3.57. The zero-order valence-electron chi connectivity index (χ0n) is 12.8. The largest absolute Gasteiger partial charge is 0.369 e. The first-order valence-corrected chi connectivity index (χ1v) is 9.26. The molecule has 1 aliphatic heterocycles. The number of nitrogens with two attached hydrogens (primary N) is 1. The van der Waals surface area contributed by atoms with E-state index in [2.05, 4.69) is 0 Å². The number of hydrogen-bond donors (Lipinski definition) is 1. The van der Waals surface area contributed by atoms with Crippen molar-refractivity contribution < 1.29 is 13.2 Å². The van der Waals surface area contributed by atoms with E-state index >= 15 is 0 Å². The fraction of sp³-hybridized carbons (Fsp3) is 0.562. The van der Waals surface area contributed by atoms with Crippen LogP contribution >= 0.6 is 0 Å². The molecular weight excluding hydrogens is 300 g/mol. The Bertz CT molecular complexity index is 699. The lowest BCUT2D eigenvalue weighted by Gasteiger charge is -2.35. The Morgan fingerprint density at radius 3 is 2.68 bits per heavy atom. The SMILES string of the molecule is C[C@H]1CC[C@@H](C(N)=O)CN1S(=O)(=O)c1ccc2c(c1)CCC2. The molecule has 0 saturated carbocycles. The summed E-state index contributed by atoms with van der Waals surface area (Å²) >= 11 is 0.